The Labute approximate surface area is 170 Å². The molecule has 156 valence electrons. The highest BCUT2D eigenvalue weighted by Gasteiger charge is 2.30. The maximum absolute atomic E-state index is 12.9. The van der Waals surface area contributed by atoms with E-state index in [0.717, 1.165) is 30.7 Å². The highest BCUT2D eigenvalue weighted by molar-refractivity contribution is 5.93. The number of hydrogen-bond acceptors (Lipinski definition) is 6. The lowest BCUT2D eigenvalue weighted by Crippen LogP contribution is -2.46. The SMILES string of the molecule is COc1ccc(-c2cc(C(=O)N3CCC[C@@H](C(=O)NCCN(C)C)C3)no2)cc1. The number of benzene rings is 1. The summed E-state index contributed by atoms with van der Waals surface area (Å²) in [7, 11) is 5.53. The molecule has 1 fully saturated rings. The number of piperidine rings is 1. The quantitative estimate of drug-likeness (QED) is 0.764. The predicted molar refractivity (Wildman–Crippen MR) is 109 cm³/mol. The molecule has 0 bridgehead atoms. The van der Waals surface area contributed by atoms with Gasteiger partial charge in [0.2, 0.25) is 5.91 Å². The van der Waals surface area contributed by atoms with Crippen LogP contribution in [0.1, 0.15) is 23.3 Å². The van der Waals surface area contributed by atoms with E-state index in [4.69, 9.17) is 9.26 Å². The molecule has 1 aliphatic heterocycles. The van der Waals surface area contributed by atoms with Gasteiger partial charge in [0, 0.05) is 37.8 Å². The van der Waals surface area contributed by atoms with Gasteiger partial charge in [-0.3, -0.25) is 9.59 Å². The van der Waals surface area contributed by atoms with Crippen molar-refractivity contribution in [3.05, 3.63) is 36.0 Å². The summed E-state index contributed by atoms with van der Waals surface area (Å²) < 4.78 is 10.5. The first-order chi connectivity index (χ1) is 14.0. The topological polar surface area (TPSA) is 87.9 Å². The molecule has 0 radical (unpaired) electrons. The summed E-state index contributed by atoms with van der Waals surface area (Å²) in [5, 5.41) is 6.90. The molecule has 0 spiro atoms. The van der Waals surface area contributed by atoms with Gasteiger partial charge in [0.15, 0.2) is 11.5 Å². The molecule has 1 aromatic heterocycles. The molecule has 8 heteroatoms. The fourth-order valence-electron chi connectivity index (χ4n) is 3.35. The summed E-state index contributed by atoms with van der Waals surface area (Å²) in [6, 6.07) is 8.99. The minimum absolute atomic E-state index is 0.00317. The number of carbonyl (C=O) groups excluding carboxylic acids is 2. The van der Waals surface area contributed by atoms with Crippen molar-refractivity contribution in [2.75, 3.05) is 47.4 Å². The molecule has 1 N–H and O–H groups in total. The molecular formula is C21H28N4O4. The highest BCUT2D eigenvalue weighted by Crippen LogP contribution is 2.24. The van der Waals surface area contributed by atoms with Crippen molar-refractivity contribution in [1.82, 2.24) is 20.3 Å². The molecule has 1 saturated heterocycles. The lowest BCUT2D eigenvalue weighted by atomic mass is 9.97. The van der Waals surface area contributed by atoms with Crippen LogP contribution in [0.5, 0.6) is 5.75 Å². The van der Waals surface area contributed by atoms with E-state index in [9.17, 15) is 9.59 Å². The Bertz CT molecular complexity index is 831. The normalized spacial score (nSPS) is 16.7. The molecule has 1 atom stereocenters. The summed E-state index contributed by atoms with van der Waals surface area (Å²) in [4.78, 5) is 29.0. The molecule has 29 heavy (non-hydrogen) atoms. The summed E-state index contributed by atoms with van der Waals surface area (Å²) in [5.74, 6) is 0.865. The van der Waals surface area contributed by atoms with E-state index in [1.165, 1.54) is 0 Å². The number of carbonyl (C=O) groups is 2. The monoisotopic (exact) mass is 400 g/mol. The van der Waals surface area contributed by atoms with Crippen LogP contribution >= 0.6 is 0 Å². The molecule has 0 unspecified atom stereocenters. The van der Waals surface area contributed by atoms with Crippen molar-refractivity contribution < 1.29 is 18.8 Å². The van der Waals surface area contributed by atoms with E-state index in [-0.39, 0.29) is 23.4 Å². The van der Waals surface area contributed by atoms with Gasteiger partial charge in [-0.15, -0.1) is 0 Å². The fourth-order valence-corrected chi connectivity index (χ4v) is 3.35. The summed E-state index contributed by atoms with van der Waals surface area (Å²) in [5.41, 5.74) is 1.07. The standard InChI is InChI=1S/C21H28N4O4/c1-24(2)12-10-22-20(26)16-5-4-11-25(14-16)21(27)18-13-19(29-23-18)15-6-8-17(28-3)9-7-15/h6-9,13,16H,4-5,10-12,14H2,1-3H3,(H,22,26)/t16-/m1/s1. The Kier molecular flexibility index (Phi) is 6.87. The number of ether oxygens (including phenoxy) is 1. The Hall–Kier alpha value is -2.87. The van der Waals surface area contributed by atoms with Gasteiger partial charge in [0.05, 0.1) is 13.0 Å². The van der Waals surface area contributed by atoms with Crippen LogP contribution in [0.15, 0.2) is 34.9 Å². The minimum Gasteiger partial charge on any atom is -0.497 e. The van der Waals surface area contributed by atoms with Crippen LogP contribution in [0.4, 0.5) is 0 Å². The van der Waals surface area contributed by atoms with E-state index in [0.29, 0.717) is 25.4 Å². The molecular weight excluding hydrogens is 372 g/mol. The molecule has 8 nitrogen and oxygen atoms in total. The predicted octanol–water partition coefficient (Wildman–Crippen LogP) is 1.88. The van der Waals surface area contributed by atoms with Crippen LogP contribution in [0.2, 0.25) is 0 Å². The van der Waals surface area contributed by atoms with Gasteiger partial charge in [0.25, 0.3) is 5.91 Å². The first-order valence-electron chi connectivity index (χ1n) is 9.81. The third-order valence-electron chi connectivity index (χ3n) is 5.04. The van der Waals surface area contributed by atoms with Crippen LogP contribution in [-0.4, -0.2) is 74.2 Å². The number of methoxy groups -OCH3 is 1. The van der Waals surface area contributed by atoms with E-state index >= 15 is 0 Å². The largest absolute Gasteiger partial charge is 0.497 e. The van der Waals surface area contributed by atoms with Gasteiger partial charge in [-0.05, 0) is 51.2 Å². The van der Waals surface area contributed by atoms with E-state index in [1.54, 1.807) is 18.1 Å². The fraction of sp³-hybridized carbons (Fsp3) is 0.476. The van der Waals surface area contributed by atoms with Gasteiger partial charge in [0.1, 0.15) is 5.75 Å². The number of likely N-dealkylation sites (tertiary alicyclic amines) is 1. The van der Waals surface area contributed by atoms with Crippen LogP contribution in [-0.2, 0) is 4.79 Å². The third kappa shape index (κ3) is 5.35. The number of likely N-dealkylation sites (N-methyl/N-ethyl adjacent to an activating group) is 1. The van der Waals surface area contributed by atoms with Gasteiger partial charge < -0.3 is 24.4 Å². The molecule has 3 rings (SSSR count). The number of amides is 2. The van der Waals surface area contributed by atoms with Crippen molar-refractivity contribution in [3.63, 3.8) is 0 Å². The first-order valence-corrected chi connectivity index (χ1v) is 9.81. The van der Waals surface area contributed by atoms with Crippen molar-refractivity contribution in [2.45, 2.75) is 12.8 Å². The second-order valence-electron chi connectivity index (χ2n) is 7.49. The van der Waals surface area contributed by atoms with Crippen molar-refractivity contribution in [2.24, 2.45) is 5.92 Å². The zero-order valence-electron chi connectivity index (χ0n) is 17.2. The third-order valence-corrected chi connectivity index (χ3v) is 5.04. The summed E-state index contributed by atoms with van der Waals surface area (Å²) in [6.45, 7) is 2.40. The molecule has 1 aliphatic rings. The molecule has 0 aliphatic carbocycles. The maximum Gasteiger partial charge on any atom is 0.276 e. The number of hydrogen-bond donors (Lipinski definition) is 1. The van der Waals surface area contributed by atoms with Crippen molar-refractivity contribution in [1.29, 1.82) is 0 Å². The van der Waals surface area contributed by atoms with E-state index in [1.807, 2.05) is 43.3 Å². The van der Waals surface area contributed by atoms with E-state index < -0.39 is 0 Å². The van der Waals surface area contributed by atoms with Crippen LogP contribution in [0.3, 0.4) is 0 Å². The Morgan fingerprint density at radius 2 is 2.07 bits per heavy atom. The Morgan fingerprint density at radius 3 is 2.76 bits per heavy atom. The lowest BCUT2D eigenvalue weighted by Gasteiger charge is -2.31. The van der Waals surface area contributed by atoms with Gasteiger partial charge in [-0.2, -0.15) is 0 Å². The molecule has 0 saturated carbocycles. The van der Waals surface area contributed by atoms with Crippen molar-refractivity contribution >= 4 is 11.8 Å². The number of rotatable bonds is 7. The maximum atomic E-state index is 12.9. The molecule has 1 aromatic carbocycles. The first kappa shape index (κ1) is 20.9. The molecule has 2 heterocycles. The van der Waals surface area contributed by atoms with Crippen LogP contribution in [0, 0.1) is 5.92 Å². The smallest absolute Gasteiger partial charge is 0.276 e. The molecule has 2 amide bonds. The zero-order chi connectivity index (χ0) is 20.8. The second kappa shape index (κ2) is 9.56. The summed E-state index contributed by atoms with van der Waals surface area (Å²) in [6.07, 6.45) is 1.58. The number of nitrogens with zero attached hydrogens (tertiary/aromatic N) is 3. The molecule has 2 aromatic rings. The zero-order valence-corrected chi connectivity index (χ0v) is 17.2. The van der Waals surface area contributed by atoms with E-state index in [2.05, 4.69) is 10.5 Å². The average Bonchev–Trinajstić information content (AvgIpc) is 3.23. The summed E-state index contributed by atoms with van der Waals surface area (Å²) >= 11 is 0. The highest BCUT2D eigenvalue weighted by atomic mass is 16.5. The lowest BCUT2D eigenvalue weighted by molar-refractivity contribution is -0.126. The van der Waals surface area contributed by atoms with Gasteiger partial charge >= 0.3 is 0 Å². The average molecular weight is 400 g/mol. The second-order valence-corrected chi connectivity index (χ2v) is 7.49. The number of nitrogens with one attached hydrogen (secondary N) is 1. The van der Waals surface area contributed by atoms with Gasteiger partial charge in [-0.25, -0.2) is 0 Å². The number of aromatic nitrogens is 1. The van der Waals surface area contributed by atoms with Crippen LogP contribution < -0.4 is 10.1 Å². The Morgan fingerprint density at radius 1 is 1.31 bits per heavy atom. The Balaban J connectivity index is 1.61. The minimum atomic E-state index is -0.209. The van der Waals surface area contributed by atoms with Crippen LogP contribution in [0.25, 0.3) is 11.3 Å². The van der Waals surface area contributed by atoms with Gasteiger partial charge in [-0.1, -0.05) is 5.16 Å². The van der Waals surface area contributed by atoms with Crippen molar-refractivity contribution in [3.8, 4) is 17.1 Å².